The number of amides is 1. The molecule has 3 heterocycles. The van der Waals surface area contributed by atoms with Crippen LogP contribution in [-0.2, 0) is 0 Å². The highest BCUT2D eigenvalue weighted by molar-refractivity contribution is 6.04. The van der Waals surface area contributed by atoms with E-state index in [9.17, 15) is 14.0 Å². The topological polar surface area (TPSA) is 125 Å². The Hall–Kier alpha value is -6.55. The van der Waals surface area contributed by atoms with Crippen LogP contribution in [0.15, 0.2) is 137 Å². The fourth-order valence-electron chi connectivity index (χ4n) is 5.13. The van der Waals surface area contributed by atoms with Crippen molar-refractivity contribution in [2.75, 3.05) is 11.1 Å². The van der Waals surface area contributed by atoms with Crippen molar-refractivity contribution in [3.8, 4) is 39.8 Å². The van der Waals surface area contributed by atoms with Gasteiger partial charge in [0.05, 0.1) is 0 Å². The minimum atomic E-state index is -0.591. The fourth-order valence-corrected chi connectivity index (χ4v) is 5.13. The highest BCUT2D eigenvalue weighted by Gasteiger charge is 2.23. The molecule has 9 nitrogen and oxygen atoms in total. The number of carbonyl (C=O) groups is 1. The minimum Gasteiger partial charge on any atom is -0.438 e. The Morgan fingerprint density at radius 3 is 2.37 bits per heavy atom. The Labute approximate surface area is 261 Å². The summed E-state index contributed by atoms with van der Waals surface area (Å²) in [5, 5.41) is 3.32. The van der Waals surface area contributed by atoms with Gasteiger partial charge in [-0.05, 0) is 78.4 Å². The molecule has 0 radical (unpaired) electrons. The number of fused-ring (bicyclic) bond motifs is 1. The summed E-state index contributed by atoms with van der Waals surface area (Å²) in [5.74, 6) is 0.300. The molecule has 46 heavy (non-hydrogen) atoms. The maximum Gasteiger partial charge on any atom is 0.267 e. The molecule has 7 rings (SSSR count). The van der Waals surface area contributed by atoms with Crippen LogP contribution in [-0.4, -0.2) is 20.4 Å². The molecule has 0 atom stereocenters. The van der Waals surface area contributed by atoms with Crippen molar-refractivity contribution in [3.63, 3.8) is 0 Å². The highest BCUT2D eigenvalue weighted by Crippen LogP contribution is 2.44. The van der Waals surface area contributed by atoms with Crippen molar-refractivity contribution in [2.24, 2.45) is 0 Å². The lowest BCUT2D eigenvalue weighted by Gasteiger charge is -2.10. The predicted octanol–water partition coefficient (Wildman–Crippen LogP) is 7.47. The molecule has 0 saturated heterocycles. The predicted molar refractivity (Wildman–Crippen MR) is 174 cm³/mol. The molecular formula is C36H24FN5O4. The highest BCUT2D eigenvalue weighted by atomic mass is 19.1. The van der Waals surface area contributed by atoms with Crippen LogP contribution >= 0.6 is 0 Å². The molecular weight excluding hydrogens is 585 g/mol. The number of carbonyl (C=O) groups excluding carboxylic acids is 1. The third-order valence-electron chi connectivity index (χ3n) is 7.29. The summed E-state index contributed by atoms with van der Waals surface area (Å²) < 4.78 is 27.1. The Morgan fingerprint density at radius 1 is 0.848 bits per heavy atom. The first kappa shape index (κ1) is 28.2. The van der Waals surface area contributed by atoms with Crippen LogP contribution in [0.5, 0.6) is 11.6 Å². The lowest BCUT2D eigenvalue weighted by Crippen LogP contribution is -2.27. The van der Waals surface area contributed by atoms with Crippen LogP contribution in [0, 0.1) is 5.82 Å². The molecule has 10 heteroatoms. The van der Waals surface area contributed by atoms with Gasteiger partial charge in [-0.15, -0.1) is 0 Å². The van der Waals surface area contributed by atoms with Crippen molar-refractivity contribution in [1.82, 2.24) is 14.5 Å². The van der Waals surface area contributed by atoms with Gasteiger partial charge in [-0.1, -0.05) is 42.5 Å². The number of rotatable bonds is 7. The van der Waals surface area contributed by atoms with E-state index < -0.39 is 17.3 Å². The van der Waals surface area contributed by atoms with E-state index >= 15 is 0 Å². The Balaban J connectivity index is 1.18. The van der Waals surface area contributed by atoms with Gasteiger partial charge in [0.25, 0.3) is 11.5 Å². The Morgan fingerprint density at radius 2 is 1.61 bits per heavy atom. The second-order valence-electron chi connectivity index (χ2n) is 10.3. The van der Waals surface area contributed by atoms with Crippen LogP contribution in [0.2, 0.25) is 0 Å². The third kappa shape index (κ3) is 5.46. The largest absolute Gasteiger partial charge is 0.438 e. The molecule has 0 aliphatic heterocycles. The summed E-state index contributed by atoms with van der Waals surface area (Å²) in [5.41, 5.74) is 9.75. The molecule has 4 aromatic carbocycles. The Kier molecular flexibility index (Phi) is 7.28. The molecule has 0 bridgehead atoms. The van der Waals surface area contributed by atoms with Crippen LogP contribution in [0.25, 0.3) is 39.2 Å². The molecule has 3 N–H and O–H groups in total. The van der Waals surface area contributed by atoms with Gasteiger partial charge in [-0.25, -0.2) is 14.4 Å². The van der Waals surface area contributed by atoms with E-state index in [-0.39, 0.29) is 11.4 Å². The van der Waals surface area contributed by atoms with Crippen LogP contribution in [0.4, 0.5) is 15.8 Å². The summed E-state index contributed by atoms with van der Waals surface area (Å²) >= 11 is 0. The zero-order valence-corrected chi connectivity index (χ0v) is 24.1. The molecule has 7 aromatic rings. The van der Waals surface area contributed by atoms with Crippen LogP contribution in [0.1, 0.15) is 10.4 Å². The number of nitrogens with zero attached hydrogens (tertiary/aromatic N) is 3. The number of pyridine rings is 1. The number of furan rings is 1. The molecule has 0 aliphatic carbocycles. The number of nitrogen functional groups attached to an aromatic ring is 1. The van der Waals surface area contributed by atoms with E-state index in [1.807, 2.05) is 48.5 Å². The molecule has 0 saturated carbocycles. The van der Waals surface area contributed by atoms with Crippen molar-refractivity contribution >= 4 is 28.4 Å². The summed E-state index contributed by atoms with van der Waals surface area (Å²) in [6.07, 6.45) is 2.88. The SMILES string of the molecule is Nc1cccc(-c2c(-c3ccccc3)oc3ncnc(Oc4ccc(NC(=O)c5cccn(-c6ccc(F)cc6)c5=O)cc4)c23)c1. The van der Waals surface area contributed by atoms with Crippen LogP contribution in [0.3, 0.4) is 0 Å². The third-order valence-corrected chi connectivity index (χ3v) is 7.29. The maximum absolute atomic E-state index is 13.4. The van der Waals surface area contributed by atoms with E-state index in [0.717, 1.165) is 16.7 Å². The quantitative estimate of drug-likeness (QED) is 0.180. The number of halogens is 1. The van der Waals surface area contributed by atoms with Gasteiger partial charge in [-0.3, -0.25) is 14.2 Å². The van der Waals surface area contributed by atoms with Gasteiger partial charge in [0.1, 0.15) is 34.6 Å². The zero-order valence-electron chi connectivity index (χ0n) is 24.1. The van der Waals surface area contributed by atoms with E-state index in [0.29, 0.717) is 39.7 Å². The van der Waals surface area contributed by atoms with Gasteiger partial charge >= 0.3 is 0 Å². The van der Waals surface area contributed by atoms with Crippen molar-refractivity contribution in [1.29, 1.82) is 0 Å². The lowest BCUT2D eigenvalue weighted by atomic mass is 9.99. The van der Waals surface area contributed by atoms with Gasteiger partial charge in [-0.2, -0.15) is 0 Å². The summed E-state index contributed by atoms with van der Waals surface area (Å²) in [4.78, 5) is 34.9. The van der Waals surface area contributed by atoms with Gasteiger partial charge < -0.3 is 20.2 Å². The molecule has 0 aliphatic rings. The van der Waals surface area contributed by atoms with E-state index in [1.165, 1.54) is 47.4 Å². The molecule has 0 fully saturated rings. The fraction of sp³-hybridized carbons (Fsp3) is 0. The smallest absolute Gasteiger partial charge is 0.267 e. The number of hydrogen-bond donors (Lipinski definition) is 2. The number of benzene rings is 4. The molecule has 1 amide bonds. The second kappa shape index (κ2) is 11.9. The van der Waals surface area contributed by atoms with Crippen molar-refractivity contribution < 1.29 is 18.3 Å². The number of ether oxygens (including phenoxy) is 1. The van der Waals surface area contributed by atoms with Crippen LogP contribution < -0.4 is 21.3 Å². The Bertz CT molecular complexity index is 2260. The number of anilines is 2. The summed E-state index contributed by atoms with van der Waals surface area (Å²) in [7, 11) is 0. The second-order valence-corrected chi connectivity index (χ2v) is 10.3. The average Bonchev–Trinajstić information content (AvgIpc) is 3.47. The molecule has 0 spiro atoms. The van der Waals surface area contributed by atoms with Gasteiger partial charge in [0, 0.05) is 34.4 Å². The lowest BCUT2D eigenvalue weighted by molar-refractivity contribution is 0.102. The van der Waals surface area contributed by atoms with E-state index in [4.69, 9.17) is 14.9 Å². The normalized spacial score (nSPS) is 11.0. The standard InChI is InChI=1S/C36H24FN5O4/c37-24-11-15-27(16-12-24)42-19-5-10-29(36(42)44)33(43)41-26-13-17-28(18-14-26)45-34-31-30(23-8-4-9-25(38)20-23)32(22-6-2-1-3-7-22)46-35(31)40-21-39-34/h1-21H,38H2,(H,41,43). The van der Waals surface area contributed by atoms with Crippen molar-refractivity contribution in [2.45, 2.75) is 0 Å². The summed E-state index contributed by atoms with van der Waals surface area (Å²) in [6, 6.07) is 32.2. The molecule has 3 aromatic heterocycles. The number of aromatic nitrogens is 3. The first-order valence-electron chi connectivity index (χ1n) is 14.2. The monoisotopic (exact) mass is 609 g/mol. The van der Waals surface area contributed by atoms with Gasteiger partial charge in [0.2, 0.25) is 11.6 Å². The number of hydrogen-bond acceptors (Lipinski definition) is 7. The number of nitrogens with two attached hydrogens (primary N) is 1. The van der Waals surface area contributed by atoms with E-state index in [1.54, 1.807) is 36.4 Å². The number of nitrogens with one attached hydrogen (secondary N) is 1. The average molecular weight is 610 g/mol. The first-order valence-corrected chi connectivity index (χ1v) is 14.2. The molecule has 224 valence electrons. The van der Waals surface area contributed by atoms with Gasteiger partial charge in [0.15, 0.2) is 0 Å². The molecule has 0 unspecified atom stereocenters. The first-order chi connectivity index (χ1) is 22.4. The zero-order chi connectivity index (χ0) is 31.6. The van der Waals surface area contributed by atoms with E-state index in [2.05, 4.69) is 15.3 Å². The van der Waals surface area contributed by atoms with Crippen molar-refractivity contribution in [3.05, 3.63) is 150 Å². The summed E-state index contributed by atoms with van der Waals surface area (Å²) in [6.45, 7) is 0. The maximum atomic E-state index is 13.4. The minimum absolute atomic E-state index is 0.0706.